The summed E-state index contributed by atoms with van der Waals surface area (Å²) in [7, 11) is 2.07. The van der Waals surface area contributed by atoms with Gasteiger partial charge in [-0.15, -0.1) is 0 Å². The van der Waals surface area contributed by atoms with E-state index in [4.69, 9.17) is 5.73 Å². The first-order valence-electron chi connectivity index (χ1n) is 12.8. The van der Waals surface area contributed by atoms with Gasteiger partial charge in [0.15, 0.2) is 6.04 Å². The van der Waals surface area contributed by atoms with Gasteiger partial charge < -0.3 is 25.4 Å². The number of fused-ring (bicyclic) bond motifs is 2. The Morgan fingerprint density at radius 1 is 1.09 bits per heavy atom. The van der Waals surface area contributed by atoms with Gasteiger partial charge in [-0.1, -0.05) is 61.5 Å². The van der Waals surface area contributed by atoms with Gasteiger partial charge in [0.05, 0.1) is 0 Å². The maximum atomic E-state index is 15.0. The molecule has 1 saturated carbocycles. The SMILES string of the molecule is CC1CC1(N)c1ccc2c(c1)[N+]([O-])(Cc1cccc3ccccc13)C(C(=O)N1CCN(C)CC1)C2. The fourth-order valence-corrected chi connectivity index (χ4v) is 6.13. The minimum Gasteiger partial charge on any atom is -0.627 e. The van der Waals surface area contributed by atoms with Crippen LogP contribution in [-0.2, 0) is 23.3 Å². The summed E-state index contributed by atoms with van der Waals surface area (Å²) in [6, 6.07) is 19.8. The van der Waals surface area contributed by atoms with Gasteiger partial charge in [-0.05, 0) is 35.7 Å². The molecular weight excluding hydrogens is 436 g/mol. The molecule has 35 heavy (non-hydrogen) atoms. The Kier molecular flexibility index (Phi) is 5.27. The molecule has 6 heteroatoms. The van der Waals surface area contributed by atoms with Gasteiger partial charge in [-0.3, -0.25) is 4.79 Å². The number of rotatable bonds is 4. The quantitative estimate of drug-likeness (QED) is 0.466. The van der Waals surface area contributed by atoms with Crippen LogP contribution >= 0.6 is 0 Å². The highest BCUT2D eigenvalue weighted by Crippen LogP contribution is 2.52. The third kappa shape index (κ3) is 3.67. The van der Waals surface area contributed by atoms with E-state index in [0.29, 0.717) is 31.1 Å². The second-order valence-corrected chi connectivity index (χ2v) is 10.9. The molecule has 4 unspecified atom stereocenters. The Labute approximate surface area is 207 Å². The van der Waals surface area contributed by atoms with E-state index < -0.39 is 10.7 Å². The maximum Gasteiger partial charge on any atom is 0.282 e. The third-order valence-corrected chi connectivity index (χ3v) is 8.70. The Bertz CT molecular complexity index is 1300. The van der Waals surface area contributed by atoms with Gasteiger partial charge in [0.25, 0.3) is 5.91 Å². The zero-order chi connectivity index (χ0) is 24.4. The monoisotopic (exact) mass is 470 g/mol. The minimum absolute atomic E-state index is 0.0201. The number of hydroxylamine groups is 2. The molecule has 1 saturated heterocycles. The summed E-state index contributed by atoms with van der Waals surface area (Å²) < 4.78 is -0.646. The molecule has 2 heterocycles. The second-order valence-electron chi connectivity index (χ2n) is 10.9. The van der Waals surface area contributed by atoms with Crippen molar-refractivity contribution in [1.82, 2.24) is 14.4 Å². The van der Waals surface area contributed by atoms with Gasteiger partial charge in [-0.2, -0.15) is 0 Å². The molecule has 3 aromatic rings. The summed E-state index contributed by atoms with van der Waals surface area (Å²) in [6.07, 6.45) is 1.40. The number of hydrogen-bond donors (Lipinski definition) is 1. The number of hydrogen-bond acceptors (Lipinski definition) is 4. The molecule has 182 valence electrons. The first-order valence-corrected chi connectivity index (χ1v) is 12.8. The molecule has 2 aliphatic heterocycles. The predicted octanol–water partition coefficient (Wildman–Crippen LogP) is 3.74. The van der Waals surface area contributed by atoms with Crippen LogP contribution in [0.25, 0.3) is 10.8 Å². The van der Waals surface area contributed by atoms with Gasteiger partial charge in [-0.25, -0.2) is 0 Å². The van der Waals surface area contributed by atoms with Crippen LogP contribution in [0, 0.1) is 11.1 Å². The summed E-state index contributed by atoms with van der Waals surface area (Å²) in [6.45, 7) is 5.41. The van der Waals surface area contributed by atoms with Gasteiger partial charge in [0.1, 0.15) is 12.2 Å². The molecule has 6 nitrogen and oxygen atoms in total. The van der Waals surface area contributed by atoms with Crippen LogP contribution in [0.1, 0.15) is 30.0 Å². The van der Waals surface area contributed by atoms with Crippen LogP contribution in [0.15, 0.2) is 60.7 Å². The van der Waals surface area contributed by atoms with Gasteiger partial charge in [0, 0.05) is 55.3 Å². The second kappa shape index (κ2) is 8.14. The van der Waals surface area contributed by atoms with Crippen molar-refractivity contribution >= 4 is 22.4 Å². The van der Waals surface area contributed by atoms with Crippen LogP contribution in [0.3, 0.4) is 0 Å². The van der Waals surface area contributed by atoms with E-state index in [1.54, 1.807) is 0 Å². The van der Waals surface area contributed by atoms with E-state index in [1.807, 2.05) is 35.2 Å². The zero-order valence-electron chi connectivity index (χ0n) is 20.6. The zero-order valence-corrected chi connectivity index (χ0v) is 20.6. The first kappa shape index (κ1) is 22.7. The molecule has 0 bridgehead atoms. The van der Waals surface area contributed by atoms with E-state index in [9.17, 15) is 4.79 Å². The summed E-state index contributed by atoms with van der Waals surface area (Å²) in [5, 5.41) is 17.2. The fraction of sp³-hybridized carbons (Fsp3) is 0.414. The van der Waals surface area contributed by atoms with Crippen molar-refractivity contribution in [2.24, 2.45) is 11.7 Å². The van der Waals surface area contributed by atoms with E-state index in [2.05, 4.69) is 49.2 Å². The van der Waals surface area contributed by atoms with Crippen LogP contribution in [0.4, 0.5) is 5.69 Å². The molecule has 1 amide bonds. The molecule has 4 atom stereocenters. The first-order chi connectivity index (χ1) is 16.8. The topological polar surface area (TPSA) is 72.6 Å². The van der Waals surface area contributed by atoms with Crippen molar-refractivity contribution in [3.8, 4) is 0 Å². The molecule has 2 N–H and O–H groups in total. The summed E-state index contributed by atoms with van der Waals surface area (Å²) in [5.74, 6) is 0.379. The molecule has 1 aliphatic carbocycles. The van der Waals surface area contributed by atoms with E-state index >= 15 is 5.21 Å². The molecule has 0 aromatic heterocycles. The van der Waals surface area contributed by atoms with Crippen LogP contribution in [-0.4, -0.2) is 55.0 Å². The van der Waals surface area contributed by atoms with E-state index in [-0.39, 0.29) is 18.0 Å². The smallest absolute Gasteiger partial charge is 0.282 e. The van der Waals surface area contributed by atoms with Crippen LogP contribution < -0.4 is 10.4 Å². The highest BCUT2D eigenvalue weighted by atomic mass is 16.6. The largest absolute Gasteiger partial charge is 0.627 e. The van der Waals surface area contributed by atoms with Crippen molar-refractivity contribution in [2.75, 3.05) is 33.2 Å². The number of nitrogens with zero attached hydrogens (tertiary/aromatic N) is 3. The van der Waals surface area contributed by atoms with Crippen molar-refractivity contribution in [2.45, 2.75) is 37.9 Å². The van der Waals surface area contributed by atoms with Gasteiger partial charge in [0.2, 0.25) is 0 Å². The average molecular weight is 471 g/mol. The summed E-state index contributed by atoms with van der Waals surface area (Å²) in [5.41, 5.74) is 9.99. The van der Waals surface area contributed by atoms with Crippen molar-refractivity contribution in [3.63, 3.8) is 0 Å². The lowest BCUT2D eigenvalue weighted by Gasteiger charge is -2.46. The number of likely N-dealkylation sites (N-methyl/N-ethyl adjacent to an activating group) is 1. The molecule has 0 radical (unpaired) electrons. The van der Waals surface area contributed by atoms with Gasteiger partial charge >= 0.3 is 0 Å². The lowest BCUT2D eigenvalue weighted by Crippen LogP contribution is -2.59. The Hall–Kier alpha value is -2.77. The van der Waals surface area contributed by atoms with Crippen LogP contribution in [0.5, 0.6) is 0 Å². The van der Waals surface area contributed by atoms with Crippen molar-refractivity contribution in [3.05, 3.63) is 82.6 Å². The summed E-state index contributed by atoms with van der Waals surface area (Å²) >= 11 is 0. The van der Waals surface area contributed by atoms with E-state index in [1.165, 1.54) is 0 Å². The lowest BCUT2D eigenvalue weighted by atomic mass is 10.00. The molecule has 3 aliphatic rings. The Morgan fingerprint density at radius 2 is 1.80 bits per heavy atom. The number of nitrogens with two attached hydrogens (primary N) is 1. The number of quaternary nitrogens is 1. The maximum absolute atomic E-state index is 15.0. The van der Waals surface area contributed by atoms with E-state index in [0.717, 1.165) is 47.0 Å². The number of carbonyl (C=O) groups is 1. The molecule has 0 spiro atoms. The summed E-state index contributed by atoms with van der Waals surface area (Å²) in [4.78, 5) is 18.0. The third-order valence-electron chi connectivity index (χ3n) is 8.70. The van der Waals surface area contributed by atoms with Crippen molar-refractivity contribution in [1.29, 1.82) is 0 Å². The fourth-order valence-electron chi connectivity index (χ4n) is 6.13. The predicted molar refractivity (Wildman–Crippen MR) is 140 cm³/mol. The standard InChI is InChI=1S/C29H34N4O2/c1-20-18-29(20,30)24-11-10-22-16-27(28(34)32-14-12-31(2)13-15-32)33(35,26(22)17-24)19-23-8-5-7-21-6-3-4-9-25(21)23/h3-11,17,20,27H,12-16,18-19,30H2,1-2H3. The lowest BCUT2D eigenvalue weighted by molar-refractivity contribution is -0.137. The Morgan fingerprint density at radius 3 is 2.54 bits per heavy atom. The van der Waals surface area contributed by atoms with Crippen molar-refractivity contribution < 1.29 is 4.79 Å². The number of carbonyl (C=O) groups excluding carboxylic acids is 1. The molecule has 2 fully saturated rings. The molecule has 6 rings (SSSR count). The highest BCUT2D eigenvalue weighted by Gasteiger charge is 2.52. The Balaban J connectivity index is 1.43. The number of benzene rings is 3. The number of piperazine rings is 1. The van der Waals surface area contributed by atoms with Crippen LogP contribution in [0.2, 0.25) is 0 Å². The highest BCUT2D eigenvalue weighted by molar-refractivity contribution is 5.89. The molecular formula is C29H34N4O2. The molecule has 3 aromatic carbocycles. The average Bonchev–Trinajstić information content (AvgIpc) is 3.38. The normalized spacial score (nSPS) is 30.5. The minimum atomic E-state index is -0.673. The number of amides is 1.